The van der Waals surface area contributed by atoms with Gasteiger partial charge in [-0.2, -0.15) is 0 Å². The van der Waals surface area contributed by atoms with E-state index in [0.29, 0.717) is 0 Å². The molecule has 16 heavy (non-hydrogen) atoms. The maximum Gasteiger partial charge on any atom is -0.00690 e. The first-order chi connectivity index (χ1) is 7.45. The van der Waals surface area contributed by atoms with E-state index in [2.05, 4.69) is 52.0 Å². The van der Waals surface area contributed by atoms with Crippen molar-refractivity contribution in [3.8, 4) is 0 Å². The maximum atomic E-state index is 5.65. The molecule has 0 aliphatic rings. The summed E-state index contributed by atoms with van der Waals surface area (Å²) in [6.07, 6.45) is 2.20. The number of hydrogen-bond donors (Lipinski definition) is 1. The van der Waals surface area contributed by atoms with Crippen molar-refractivity contribution in [1.29, 1.82) is 0 Å². The van der Waals surface area contributed by atoms with Crippen molar-refractivity contribution in [2.45, 2.75) is 46.0 Å². The predicted octanol–water partition coefficient (Wildman–Crippen LogP) is 3.51. The molecular weight excluding hydrogens is 194 g/mol. The Balaban J connectivity index is 2.78. The fourth-order valence-electron chi connectivity index (χ4n) is 2.07. The first-order valence-corrected chi connectivity index (χ1v) is 6.25. The van der Waals surface area contributed by atoms with Crippen LogP contribution in [0.15, 0.2) is 24.3 Å². The van der Waals surface area contributed by atoms with Crippen LogP contribution in [0.2, 0.25) is 0 Å². The highest BCUT2D eigenvalue weighted by Gasteiger charge is 2.18. The molecule has 1 aromatic carbocycles. The second-order valence-electron chi connectivity index (χ2n) is 5.72. The third-order valence-corrected chi connectivity index (χ3v) is 3.15. The van der Waals surface area contributed by atoms with Gasteiger partial charge in [0, 0.05) is 0 Å². The highest BCUT2D eigenvalue weighted by Crippen LogP contribution is 2.26. The van der Waals surface area contributed by atoms with Gasteiger partial charge in [-0.05, 0) is 41.8 Å². The van der Waals surface area contributed by atoms with Crippen LogP contribution in [-0.2, 0) is 11.8 Å². The van der Waals surface area contributed by atoms with Crippen molar-refractivity contribution in [2.24, 2.45) is 11.7 Å². The van der Waals surface area contributed by atoms with E-state index in [-0.39, 0.29) is 5.41 Å². The molecule has 0 radical (unpaired) electrons. The number of benzene rings is 1. The third kappa shape index (κ3) is 3.64. The maximum absolute atomic E-state index is 5.65. The van der Waals surface area contributed by atoms with E-state index in [0.717, 1.165) is 25.3 Å². The van der Waals surface area contributed by atoms with Crippen molar-refractivity contribution in [3.63, 3.8) is 0 Å². The molecule has 1 nitrogen and oxygen atoms in total. The standard InChI is InChI=1S/C15H25N/c1-12(2)11-13-5-7-14(8-6-13)15(3,4)9-10-16/h5-8,12H,9-11,16H2,1-4H3. The second kappa shape index (κ2) is 5.49. The van der Waals surface area contributed by atoms with Crippen molar-refractivity contribution >= 4 is 0 Å². The number of rotatable bonds is 5. The molecule has 0 saturated heterocycles. The van der Waals surface area contributed by atoms with Gasteiger partial charge in [-0.3, -0.25) is 0 Å². The molecule has 0 aromatic heterocycles. The Kier molecular flexibility index (Phi) is 4.55. The first-order valence-electron chi connectivity index (χ1n) is 6.25. The largest absolute Gasteiger partial charge is 0.330 e. The van der Waals surface area contributed by atoms with Crippen LogP contribution in [-0.4, -0.2) is 6.54 Å². The lowest BCUT2D eigenvalue weighted by atomic mass is 9.81. The average Bonchev–Trinajstić information content (AvgIpc) is 2.17. The van der Waals surface area contributed by atoms with E-state index < -0.39 is 0 Å². The normalized spacial score (nSPS) is 12.1. The molecule has 0 unspecified atom stereocenters. The van der Waals surface area contributed by atoms with Crippen LogP contribution in [0.25, 0.3) is 0 Å². The van der Waals surface area contributed by atoms with E-state index in [9.17, 15) is 0 Å². The zero-order chi connectivity index (χ0) is 12.2. The van der Waals surface area contributed by atoms with Gasteiger partial charge in [-0.1, -0.05) is 52.0 Å². The molecule has 2 N–H and O–H groups in total. The topological polar surface area (TPSA) is 26.0 Å². The average molecular weight is 219 g/mol. The quantitative estimate of drug-likeness (QED) is 0.805. The van der Waals surface area contributed by atoms with Crippen molar-refractivity contribution in [2.75, 3.05) is 6.54 Å². The second-order valence-corrected chi connectivity index (χ2v) is 5.72. The summed E-state index contributed by atoms with van der Waals surface area (Å²) in [5.74, 6) is 0.725. The summed E-state index contributed by atoms with van der Waals surface area (Å²) in [5.41, 5.74) is 8.67. The summed E-state index contributed by atoms with van der Waals surface area (Å²) >= 11 is 0. The van der Waals surface area contributed by atoms with Crippen LogP contribution in [0.1, 0.15) is 45.2 Å². The molecule has 0 heterocycles. The van der Waals surface area contributed by atoms with Crippen LogP contribution >= 0.6 is 0 Å². The van der Waals surface area contributed by atoms with Gasteiger partial charge < -0.3 is 5.73 Å². The Morgan fingerprint density at radius 3 is 2.12 bits per heavy atom. The molecule has 0 aliphatic carbocycles. The fourth-order valence-corrected chi connectivity index (χ4v) is 2.07. The lowest BCUT2D eigenvalue weighted by Crippen LogP contribution is -2.21. The fraction of sp³-hybridized carbons (Fsp3) is 0.600. The van der Waals surface area contributed by atoms with Gasteiger partial charge in [0.15, 0.2) is 0 Å². The Labute approximate surface area is 100 Å². The summed E-state index contributed by atoms with van der Waals surface area (Å²) in [5, 5.41) is 0. The first kappa shape index (κ1) is 13.2. The lowest BCUT2D eigenvalue weighted by Gasteiger charge is -2.24. The predicted molar refractivity (Wildman–Crippen MR) is 71.7 cm³/mol. The molecular formula is C15H25N. The minimum absolute atomic E-state index is 0.200. The van der Waals surface area contributed by atoms with Gasteiger partial charge in [0.2, 0.25) is 0 Å². The highest BCUT2D eigenvalue weighted by atomic mass is 14.5. The zero-order valence-electron chi connectivity index (χ0n) is 11.1. The summed E-state index contributed by atoms with van der Waals surface area (Å²) in [7, 11) is 0. The SMILES string of the molecule is CC(C)Cc1ccc(C(C)(C)CCN)cc1. The van der Waals surface area contributed by atoms with E-state index >= 15 is 0 Å². The lowest BCUT2D eigenvalue weighted by molar-refractivity contribution is 0.487. The van der Waals surface area contributed by atoms with Gasteiger partial charge >= 0.3 is 0 Å². The molecule has 0 saturated carbocycles. The molecule has 1 aromatic rings. The summed E-state index contributed by atoms with van der Waals surface area (Å²) in [4.78, 5) is 0. The summed E-state index contributed by atoms with van der Waals surface area (Å²) in [6.45, 7) is 9.79. The van der Waals surface area contributed by atoms with Gasteiger partial charge in [-0.25, -0.2) is 0 Å². The Hall–Kier alpha value is -0.820. The zero-order valence-corrected chi connectivity index (χ0v) is 11.1. The Bertz CT molecular complexity index is 309. The molecule has 0 fully saturated rings. The van der Waals surface area contributed by atoms with Crippen LogP contribution < -0.4 is 5.73 Å². The van der Waals surface area contributed by atoms with E-state index in [1.165, 1.54) is 11.1 Å². The van der Waals surface area contributed by atoms with Gasteiger partial charge in [0.25, 0.3) is 0 Å². The molecule has 0 amide bonds. The van der Waals surface area contributed by atoms with E-state index in [4.69, 9.17) is 5.73 Å². The molecule has 1 rings (SSSR count). The minimum atomic E-state index is 0.200. The Morgan fingerprint density at radius 1 is 1.12 bits per heavy atom. The third-order valence-electron chi connectivity index (χ3n) is 3.15. The highest BCUT2D eigenvalue weighted by molar-refractivity contribution is 5.28. The molecule has 0 spiro atoms. The van der Waals surface area contributed by atoms with Crippen molar-refractivity contribution in [3.05, 3.63) is 35.4 Å². The number of hydrogen-bond acceptors (Lipinski definition) is 1. The van der Waals surface area contributed by atoms with Gasteiger partial charge in [-0.15, -0.1) is 0 Å². The van der Waals surface area contributed by atoms with Gasteiger partial charge in [0.1, 0.15) is 0 Å². The monoisotopic (exact) mass is 219 g/mol. The minimum Gasteiger partial charge on any atom is -0.330 e. The van der Waals surface area contributed by atoms with Crippen molar-refractivity contribution < 1.29 is 0 Å². The molecule has 0 aliphatic heterocycles. The van der Waals surface area contributed by atoms with Crippen LogP contribution in [0.3, 0.4) is 0 Å². The van der Waals surface area contributed by atoms with E-state index in [1.54, 1.807) is 0 Å². The summed E-state index contributed by atoms with van der Waals surface area (Å²) < 4.78 is 0. The molecule has 90 valence electrons. The smallest absolute Gasteiger partial charge is 0.00690 e. The molecule has 0 atom stereocenters. The Morgan fingerprint density at radius 2 is 1.69 bits per heavy atom. The van der Waals surface area contributed by atoms with Crippen LogP contribution in [0.5, 0.6) is 0 Å². The molecule has 1 heteroatoms. The van der Waals surface area contributed by atoms with Crippen molar-refractivity contribution in [1.82, 2.24) is 0 Å². The van der Waals surface area contributed by atoms with Gasteiger partial charge in [0.05, 0.1) is 0 Å². The van der Waals surface area contributed by atoms with Crippen LogP contribution in [0, 0.1) is 5.92 Å². The summed E-state index contributed by atoms with van der Waals surface area (Å²) in [6, 6.07) is 9.03. The number of nitrogens with two attached hydrogens (primary N) is 1. The van der Waals surface area contributed by atoms with E-state index in [1.807, 2.05) is 0 Å². The molecule has 0 bridgehead atoms. The van der Waals surface area contributed by atoms with Crippen LogP contribution in [0.4, 0.5) is 0 Å².